The number of rotatable bonds is 7. The minimum Gasteiger partial charge on any atom is -0.0727 e. The van der Waals surface area contributed by atoms with Crippen LogP contribution in [0, 0.1) is 0 Å². The second kappa shape index (κ2) is 10.9. The summed E-state index contributed by atoms with van der Waals surface area (Å²) in [5, 5.41) is 1.08. The first kappa shape index (κ1) is 26.3. The molecule has 0 fully saturated rings. The van der Waals surface area contributed by atoms with Gasteiger partial charge in [-0.3, -0.25) is 0 Å². The van der Waals surface area contributed by atoms with Gasteiger partial charge in [0, 0.05) is 5.30 Å². The third kappa shape index (κ3) is 5.35. The molecule has 0 heterocycles. The smallest absolute Gasteiger partial charge is 0.0727 e. The zero-order valence-electron chi connectivity index (χ0n) is 21.2. The fourth-order valence-electron chi connectivity index (χ4n) is 4.85. The molecule has 0 nitrogen and oxygen atoms in total. The molecule has 0 spiro atoms. The Bertz CT molecular complexity index is 976. The lowest BCUT2D eigenvalue weighted by Crippen LogP contribution is -2.12. The summed E-state index contributed by atoms with van der Waals surface area (Å²) in [4.78, 5) is 0. The molecule has 0 atom stereocenters. The van der Waals surface area contributed by atoms with Gasteiger partial charge in [-0.05, 0) is 68.2 Å². The van der Waals surface area contributed by atoms with Crippen molar-refractivity contribution >= 4 is 34.4 Å². The molecule has 0 aromatic heterocycles. The van der Waals surface area contributed by atoms with Crippen LogP contribution in [0.5, 0.6) is 0 Å². The zero-order valence-corrected chi connectivity index (χ0v) is 23.6. The highest BCUT2D eigenvalue weighted by molar-refractivity contribution is 8.09. The molecule has 0 radical (unpaired) electrons. The van der Waals surface area contributed by atoms with Gasteiger partial charge in [-0.15, -0.1) is 0 Å². The molecule has 0 aliphatic rings. The minimum absolute atomic E-state index is 0.404. The lowest BCUT2D eigenvalue weighted by molar-refractivity contribution is 0.837. The van der Waals surface area contributed by atoms with Gasteiger partial charge < -0.3 is 0 Å². The van der Waals surface area contributed by atoms with Crippen molar-refractivity contribution in [3.8, 4) is 22.3 Å². The quantitative estimate of drug-likeness (QED) is 0.284. The van der Waals surface area contributed by atoms with E-state index in [1.54, 1.807) is 0 Å². The van der Waals surface area contributed by atoms with E-state index in [-0.39, 0.29) is 0 Å². The average molecular weight is 500 g/mol. The molecule has 3 heteroatoms. The van der Waals surface area contributed by atoms with Crippen molar-refractivity contribution in [2.75, 3.05) is 0 Å². The number of benzene rings is 3. The van der Waals surface area contributed by atoms with Crippen molar-refractivity contribution < 1.29 is 0 Å². The lowest BCUT2D eigenvalue weighted by atomic mass is 9.82. The van der Waals surface area contributed by atoms with Crippen molar-refractivity contribution in [3.05, 3.63) is 76.9 Å². The van der Waals surface area contributed by atoms with Crippen LogP contribution in [0.1, 0.15) is 101 Å². The summed E-state index contributed by atoms with van der Waals surface area (Å²) >= 11 is 13.7. The molecule has 0 unspecified atom stereocenters. The molecule has 0 aliphatic carbocycles. The third-order valence-corrected chi connectivity index (χ3v) is 8.32. The summed E-state index contributed by atoms with van der Waals surface area (Å²) in [5.41, 5.74) is 10.4. The van der Waals surface area contributed by atoms with Crippen LogP contribution >= 0.6 is 29.1 Å². The number of hydrogen-bond acceptors (Lipinski definition) is 0. The summed E-state index contributed by atoms with van der Waals surface area (Å²) in [5.74, 6) is 1.62. The van der Waals surface area contributed by atoms with Gasteiger partial charge in [0.2, 0.25) is 0 Å². The van der Waals surface area contributed by atoms with Gasteiger partial charge in [0.05, 0.1) is 0 Å². The molecule has 0 saturated heterocycles. The Hall–Kier alpha value is -1.33. The van der Waals surface area contributed by atoms with Crippen LogP contribution in [0.25, 0.3) is 22.3 Å². The summed E-state index contributed by atoms with van der Waals surface area (Å²) in [7, 11) is 0. The van der Waals surface area contributed by atoms with Crippen molar-refractivity contribution in [1.29, 1.82) is 0 Å². The Morgan fingerprint density at radius 3 is 1.00 bits per heavy atom. The molecule has 33 heavy (non-hydrogen) atoms. The molecule has 0 saturated carbocycles. The number of hydrogen-bond donors (Lipinski definition) is 0. The van der Waals surface area contributed by atoms with E-state index in [4.69, 9.17) is 22.5 Å². The Kier molecular flexibility index (Phi) is 8.71. The normalized spacial score (nSPS) is 12.1. The van der Waals surface area contributed by atoms with Gasteiger partial charge in [-0.1, -0.05) is 132 Å². The van der Waals surface area contributed by atoms with Gasteiger partial charge in [0.1, 0.15) is 6.63 Å². The second-order valence-electron chi connectivity index (χ2n) is 10.2. The predicted molar refractivity (Wildman–Crippen MR) is 152 cm³/mol. The van der Waals surface area contributed by atoms with E-state index in [2.05, 4.69) is 110 Å². The van der Waals surface area contributed by atoms with Crippen LogP contribution in [-0.2, 0) is 0 Å². The van der Waals surface area contributed by atoms with Crippen LogP contribution in [0.2, 0.25) is 0 Å². The van der Waals surface area contributed by atoms with Gasteiger partial charge in [-0.25, -0.2) is 0 Å². The van der Waals surface area contributed by atoms with Crippen LogP contribution in [-0.4, -0.2) is 0 Å². The molecule has 3 aromatic rings. The van der Waals surface area contributed by atoms with Crippen LogP contribution in [0.4, 0.5) is 0 Å². The van der Waals surface area contributed by atoms with Crippen LogP contribution < -0.4 is 5.30 Å². The van der Waals surface area contributed by atoms with Gasteiger partial charge in [0.25, 0.3) is 0 Å². The van der Waals surface area contributed by atoms with Crippen LogP contribution in [0.3, 0.4) is 0 Å². The van der Waals surface area contributed by atoms with E-state index >= 15 is 0 Å². The summed E-state index contributed by atoms with van der Waals surface area (Å²) < 4.78 is 0. The van der Waals surface area contributed by atoms with E-state index in [9.17, 15) is 0 Å². The topological polar surface area (TPSA) is 0 Å². The molecule has 0 aliphatic heterocycles. The first-order valence-corrected chi connectivity index (χ1v) is 15.2. The third-order valence-electron chi connectivity index (χ3n) is 6.49. The molecule has 3 rings (SSSR count). The molecule has 0 amide bonds. The fourth-order valence-corrected chi connectivity index (χ4v) is 6.68. The molecule has 176 valence electrons. The fraction of sp³-hybridized carbons (Fsp3) is 0.400. The first-order valence-electron chi connectivity index (χ1n) is 12.1. The largest absolute Gasteiger partial charge is 0.118 e. The van der Waals surface area contributed by atoms with Gasteiger partial charge in [0.15, 0.2) is 0 Å². The Balaban J connectivity index is 2.48. The molecular weight excluding hydrogens is 462 g/mol. The Morgan fingerprint density at radius 1 is 0.485 bits per heavy atom. The average Bonchev–Trinajstić information content (AvgIpc) is 2.77. The van der Waals surface area contributed by atoms with Crippen molar-refractivity contribution in [3.63, 3.8) is 0 Å². The van der Waals surface area contributed by atoms with E-state index in [1.807, 2.05) is 0 Å². The van der Waals surface area contributed by atoms with Gasteiger partial charge >= 0.3 is 0 Å². The van der Waals surface area contributed by atoms with Crippen molar-refractivity contribution in [1.82, 2.24) is 0 Å². The van der Waals surface area contributed by atoms with Crippen molar-refractivity contribution in [2.45, 2.75) is 79.1 Å². The molecular formula is C30H37Cl2P. The lowest BCUT2D eigenvalue weighted by Gasteiger charge is -2.26. The molecule has 0 bridgehead atoms. The predicted octanol–water partition coefficient (Wildman–Crippen LogP) is 10.9. The highest BCUT2D eigenvalue weighted by atomic mass is 35.9. The summed E-state index contributed by atoms with van der Waals surface area (Å²) in [6.45, 7) is 16.8. The zero-order chi connectivity index (χ0) is 24.4. The first-order chi connectivity index (χ1) is 15.6. The van der Waals surface area contributed by atoms with E-state index < -0.39 is 6.63 Å². The highest BCUT2D eigenvalue weighted by Crippen LogP contribution is 2.53. The van der Waals surface area contributed by atoms with E-state index in [1.165, 1.54) is 44.5 Å². The minimum atomic E-state index is -1.37. The highest BCUT2D eigenvalue weighted by Gasteiger charge is 2.26. The maximum absolute atomic E-state index is 6.87. The SMILES string of the molecule is CC(C)c1cccc(C(C)C)c1-c1cccc(-c2c(C(C)C)cccc2C(C)C)c1P(Cl)Cl. The second-order valence-corrected chi connectivity index (χ2v) is 13.6. The Morgan fingerprint density at radius 2 is 0.758 bits per heavy atom. The van der Waals surface area contributed by atoms with Crippen molar-refractivity contribution in [2.24, 2.45) is 0 Å². The summed E-state index contributed by atoms with van der Waals surface area (Å²) in [6, 6.07) is 20.0. The standard InChI is InChI=1S/C30H37Cl2P/c1-18(2)22-12-9-13-23(19(3)4)28(22)26-16-11-17-27(30(26)33(31)32)29-24(20(5)6)14-10-15-25(29)21(7)8/h9-21H,1-8H3. The van der Waals surface area contributed by atoms with Gasteiger partial charge in [-0.2, -0.15) is 0 Å². The van der Waals surface area contributed by atoms with E-state index in [0.29, 0.717) is 23.7 Å². The number of halogens is 2. The summed E-state index contributed by atoms with van der Waals surface area (Å²) in [6.07, 6.45) is 0. The maximum Gasteiger partial charge on any atom is 0.118 e. The monoisotopic (exact) mass is 498 g/mol. The Labute approximate surface area is 212 Å². The molecule has 0 N–H and O–H groups in total. The van der Waals surface area contributed by atoms with Crippen LogP contribution in [0.15, 0.2) is 54.6 Å². The maximum atomic E-state index is 6.87. The molecule has 3 aromatic carbocycles. The van der Waals surface area contributed by atoms with E-state index in [0.717, 1.165) is 5.30 Å².